The summed E-state index contributed by atoms with van der Waals surface area (Å²) in [5, 5.41) is 22.7. The molecule has 3 heterocycles. The number of anilines is 4. The summed E-state index contributed by atoms with van der Waals surface area (Å²) < 4.78 is 35.4. The third-order valence-corrected chi connectivity index (χ3v) is 5.15. The topological polar surface area (TPSA) is 123 Å². The molecule has 0 saturated heterocycles. The van der Waals surface area contributed by atoms with Gasteiger partial charge in [0.2, 0.25) is 0 Å². The van der Waals surface area contributed by atoms with Crippen molar-refractivity contribution in [1.82, 2.24) is 29.5 Å². The summed E-state index contributed by atoms with van der Waals surface area (Å²) >= 11 is 0. The molecule has 0 atom stereocenters. The van der Waals surface area contributed by atoms with Crippen LogP contribution in [0.15, 0.2) is 85.3 Å². The molecule has 39 heavy (non-hydrogen) atoms. The standard InChI is InChI=1S/C24H22N8.C2HF3O2/c1-17-27-18(2)32(30-17)22-10-8-20(9-11-22)29-24-14-23(12-13-25-24)31-16-21(15-26-31)28-19-6-4-3-5-7-19;3-2(4,5)1(6)7/h3-16,28H,1-2H3,(H,25,29);(H,6,7). The monoisotopic (exact) mass is 536 g/mol. The van der Waals surface area contributed by atoms with Gasteiger partial charge in [0, 0.05) is 23.6 Å². The van der Waals surface area contributed by atoms with E-state index in [4.69, 9.17) is 9.90 Å². The molecule has 0 unspecified atom stereocenters. The maximum Gasteiger partial charge on any atom is 0.490 e. The van der Waals surface area contributed by atoms with E-state index in [0.29, 0.717) is 0 Å². The number of aromatic nitrogens is 6. The minimum absolute atomic E-state index is 0.732. The van der Waals surface area contributed by atoms with Gasteiger partial charge in [0.1, 0.15) is 17.5 Å². The number of halogens is 3. The molecule has 5 aromatic rings. The zero-order valence-electron chi connectivity index (χ0n) is 20.8. The van der Waals surface area contributed by atoms with Gasteiger partial charge in [0.15, 0.2) is 0 Å². The number of carboxylic acids is 1. The Balaban J connectivity index is 0.000000448. The molecule has 3 aromatic heterocycles. The lowest BCUT2D eigenvalue weighted by molar-refractivity contribution is -0.192. The van der Waals surface area contributed by atoms with E-state index in [1.54, 1.807) is 12.4 Å². The molecule has 0 aliphatic carbocycles. The lowest BCUT2D eigenvalue weighted by Crippen LogP contribution is -2.21. The number of carboxylic acid groups (broad SMARTS) is 1. The molecule has 5 rings (SSSR count). The quantitative estimate of drug-likeness (QED) is 0.257. The Hall–Kier alpha value is -5.20. The molecule has 0 saturated carbocycles. The fourth-order valence-electron chi connectivity index (χ4n) is 3.45. The maximum absolute atomic E-state index is 10.6. The summed E-state index contributed by atoms with van der Waals surface area (Å²) in [5.74, 6) is -0.409. The van der Waals surface area contributed by atoms with Crippen molar-refractivity contribution >= 4 is 28.8 Å². The second-order valence-electron chi connectivity index (χ2n) is 8.16. The van der Waals surface area contributed by atoms with Crippen LogP contribution in [-0.2, 0) is 4.79 Å². The van der Waals surface area contributed by atoms with Gasteiger partial charge >= 0.3 is 12.1 Å². The lowest BCUT2D eigenvalue weighted by Gasteiger charge is -2.09. The van der Waals surface area contributed by atoms with Gasteiger partial charge in [-0.05, 0) is 56.3 Å². The number of benzene rings is 2. The Bertz CT molecular complexity index is 1550. The molecule has 200 valence electrons. The van der Waals surface area contributed by atoms with Gasteiger partial charge in [-0.25, -0.2) is 24.1 Å². The van der Waals surface area contributed by atoms with Crippen LogP contribution >= 0.6 is 0 Å². The van der Waals surface area contributed by atoms with Gasteiger partial charge in [-0.2, -0.15) is 23.4 Å². The lowest BCUT2D eigenvalue weighted by atomic mass is 10.2. The van der Waals surface area contributed by atoms with Crippen LogP contribution in [0.2, 0.25) is 0 Å². The number of aliphatic carboxylic acids is 1. The van der Waals surface area contributed by atoms with Gasteiger partial charge in [-0.1, -0.05) is 18.2 Å². The van der Waals surface area contributed by atoms with Gasteiger partial charge in [-0.3, -0.25) is 0 Å². The normalized spacial score (nSPS) is 10.9. The summed E-state index contributed by atoms with van der Waals surface area (Å²) in [5.41, 5.74) is 4.74. The zero-order chi connectivity index (χ0) is 28.0. The number of alkyl halides is 3. The molecule has 13 heteroatoms. The van der Waals surface area contributed by atoms with Gasteiger partial charge in [-0.15, -0.1) is 0 Å². The van der Waals surface area contributed by atoms with Crippen molar-refractivity contribution in [2.45, 2.75) is 20.0 Å². The number of carbonyl (C=O) groups is 1. The highest BCUT2D eigenvalue weighted by Gasteiger charge is 2.38. The largest absolute Gasteiger partial charge is 0.490 e. The molecule has 3 N–H and O–H groups in total. The number of pyridine rings is 1. The molecule has 0 bridgehead atoms. The van der Waals surface area contributed by atoms with Crippen molar-refractivity contribution in [2.75, 3.05) is 10.6 Å². The average Bonchev–Trinajstić information content (AvgIpc) is 3.50. The van der Waals surface area contributed by atoms with Crippen molar-refractivity contribution in [3.8, 4) is 11.4 Å². The van der Waals surface area contributed by atoms with Gasteiger partial charge < -0.3 is 15.7 Å². The van der Waals surface area contributed by atoms with Crippen LogP contribution in [0.5, 0.6) is 0 Å². The second kappa shape index (κ2) is 11.5. The van der Waals surface area contributed by atoms with E-state index in [-0.39, 0.29) is 0 Å². The highest BCUT2D eigenvalue weighted by molar-refractivity contribution is 5.73. The Labute approximate surface area is 220 Å². The van der Waals surface area contributed by atoms with Gasteiger partial charge in [0.05, 0.1) is 29.5 Å². The molecular formula is C26H23F3N8O2. The third kappa shape index (κ3) is 7.19. The van der Waals surface area contributed by atoms with Crippen LogP contribution in [-0.4, -0.2) is 46.8 Å². The number of hydrogen-bond donors (Lipinski definition) is 3. The smallest absolute Gasteiger partial charge is 0.475 e. The number of para-hydroxylation sites is 1. The maximum atomic E-state index is 10.6. The molecule has 0 spiro atoms. The number of aryl methyl sites for hydroxylation is 2. The van der Waals surface area contributed by atoms with Crippen LogP contribution in [0, 0.1) is 13.8 Å². The summed E-state index contributed by atoms with van der Waals surface area (Å²) in [7, 11) is 0. The Morgan fingerprint density at radius 1 is 0.897 bits per heavy atom. The number of hydrogen-bond acceptors (Lipinski definition) is 7. The summed E-state index contributed by atoms with van der Waals surface area (Å²) in [4.78, 5) is 17.7. The minimum atomic E-state index is -5.08. The van der Waals surface area contributed by atoms with Crippen molar-refractivity contribution in [3.05, 3.63) is 97.0 Å². The summed E-state index contributed by atoms with van der Waals surface area (Å²) in [6, 6.07) is 21.9. The van der Waals surface area contributed by atoms with Crippen molar-refractivity contribution in [1.29, 1.82) is 0 Å². The van der Waals surface area contributed by atoms with Crippen LogP contribution < -0.4 is 10.6 Å². The first-order chi connectivity index (χ1) is 18.6. The van der Waals surface area contributed by atoms with E-state index < -0.39 is 12.1 Å². The van der Waals surface area contributed by atoms with Crippen molar-refractivity contribution in [2.24, 2.45) is 0 Å². The molecule has 0 aliphatic heterocycles. The first kappa shape index (κ1) is 26.9. The van der Waals surface area contributed by atoms with E-state index in [1.807, 2.05) is 96.1 Å². The second-order valence-corrected chi connectivity index (χ2v) is 8.16. The first-order valence-electron chi connectivity index (χ1n) is 11.5. The Morgan fingerprint density at radius 3 is 2.18 bits per heavy atom. The molecule has 0 radical (unpaired) electrons. The van der Waals surface area contributed by atoms with E-state index >= 15 is 0 Å². The van der Waals surface area contributed by atoms with E-state index in [9.17, 15) is 13.2 Å². The van der Waals surface area contributed by atoms with Crippen LogP contribution in [0.3, 0.4) is 0 Å². The van der Waals surface area contributed by atoms with Crippen LogP contribution in [0.25, 0.3) is 11.4 Å². The van der Waals surface area contributed by atoms with Crippen LogP contribution in [0.4, 0.5) is 36.1 Å². The van der Waals surface area contributed by atoms with E-state index in [1.165, 1.54) is 0 Å². The third-order valence-electron chi connectivity index (χ3n) is 5.15. The highest BCUT2D eigenvalue weighted by Crippen LogP contribution is 2.21. The highest BCUT2D eigenvalue weighted by atomic mass is 19.4. The number of nitrogens with zero attached hydrogens (tertiary/aromatic N) is 6. The molecule has 2 aromatic carbocycles. The molecular weight excluding hydrogens is 513 g/mol. The molecule has 10 nitrogen and oxygen atoms in total. The summed E-state index contributed by atoms with van der Waals surface area (Å²) in [6.45, 7) is 3.83. The fourth-order valence-corrected chi connectivity index (χ4v) is 3.45. The average molecular weight is 537 g/mol. The fraction of sp³-hybridized carbons (Fsp3) is 0.115. The SMILES string of the molecule is Cc1nc(C)n(-c2ccc(Nc3cc(-n4cc(Nc5ccccc5)cn4)ccn3)cc2)n1.O=C(O)C(F)(F)F. The zero-order valence-corrected chi connectivity index (χ0v) is 20.8. The van der Waals surface area contributed by atoms with Crippen LogP contribution in [0.1, 0.15) is 11.6 Å². The molecule has 0 aliphatic rings. The minimum Gasteiger partial charge on any atom is -0.475 e. The predicted octanol–water partition coefficient (Wildman–Crippen LogP) is 5.59. The number of rotatable bonds is 6. The first-order valence-corrected chi connectivity index (χ1v) is 11.5. The van der Waals surface area contributed by atoms with E-state index in [2.05, 4.69) is 30.8 Å². The van der Waals surface area contributed by atoms with Crippen molar-refractivity contribution in [3.63, 3.8) is 0 Å². The predicted molar refractivity (Wildman–Crippen MR) is 139 cm³/mol. The summed E-state index contributed by atoms with van der Waals surface area (Å²) in [6.07, 6.45) is 0.427. The Morgan fingerprint density at radius 2 is 1.56 bits per heavy atom. The van der Waals surface area contributed by atoms with E-state index in [0.717, 1.165) is 45.9 Å². The van der Waals surface area contributed by atoms with Crippen molar-refractivity contribution < 1.29 is 23.1 Å². The number of nitrogens with one attached hydrogen (secondary N) is 2. The molecule has 0 fully saturated rings. The van der Waals surface area contributed by atoms with Gasteiger partial charge in [0.25, 0.3) is 0 Å². The molecule has 0 amide bonds. The Kier molecular flexibility index (Phi) is 7.89.